The topological polar surface area (TPSA) is 38.3 Å². The van der Waals surface area contributed by atoms with Crippen molar-refractivity contribution in [3.8, 4) is 0 Å². The van der Waals surface area contributed by atoms with E-state index in [1.165, 1.54) is 0 Å². The van der Waals surface area contributed by atoms with Crippen LogP contribution in [0.4, 0.5) is 4.79 Å². The van der Waals surface area contributed by atoms with Crippen molar-refractivity contribution >= 4 is 17.7 Å². The number of alkyl halides is 1. The second-order valence-electron chi connectivity index (χ2n) is 5.81. The van der Waals surface area contributed by atoms with Gasteiger partial charge in [0.15, 0.2) is 0 Å². The number of carbonyl (C=O) groups excluding carboxylic acids is 1. The molecule has 0 saturated heterocycles. The molecule has 96 valence electrons. The molecule has 0 heterocycles. The summed E-state index contributed by atoms with van der Waals surface area (Å²) in [7, 11) is 0. The molecule has 0 bridgehead atoms. The Balaban J connectivity index is 3.90. The SMILES string of the molecule is CC(C)(CCCCl)CNC(=O)OC(C)(C)C. The number of amides is 1. The third-order valence-corrected chi connectivity index (χ3v) is 2.36. The van der Waals surface area contributed by atoms with Crippen molar-refractivity contribution in [2.24, 2.45) is 5.41 Å². The third kappa shape index (κ3) is 8.84. The minimum absolute atomic E-state index is 0.0613. The Kier molecular flexibility index (Phi) is 6.16. The first-order valence-corrected chi connectivity index (χ1v) is 6.22. The van der Waals surface area contributed by atoms with Crippen LogP contribution in [0.5, 0.6) is 0 Å². The van der Waals surface area contributed by atoms with Crippen LogP contribution in [0.1, 0.15) is 47.5 Å². The summed E-state index contributed by atoms with van der Waals surface area (Å²) in [5.74, 6) is 0.663. The van der Waals surface area contributed by atoms with Crippen molar-refractivity contribution in [2.45, 2.75) is 53.1 Å². The van der Waals surface area contributed by atoms with Gasteiger partial charge in [0, 0.05) is 12.4 Å². The van der Waals surface area contributed by atoms with Gasteiger partial charge < -0.3 is 10.1 Å². The highest BCUT2D eigenvalue weighted by Gasteiger charge is 2.21. The van der Waals surface area contributed by atoms with Gasteiger partial charge in [-0.15, -0.1) is 11.6 Å². The Bertz CT molecular complexity index is 222. The maximum Gasteiger partial charge on any atom is 0.407 e. The molecule has 0 unspecified atom stereocenters. The maximum atomic E-state index is 11.4. The van der Waals surface area contributed by atoms with Gasteiger partial charge in [0.1, 0.15) is 5.60 Å². The van der Waals surface area contributed by atoms with Gasteiger partial charge in [-0.3, -0.25) is 0 Å². The highest BCUT2D eigenvalue weighted by molar-refractivity contribution is 6.17. The molecule has 0 aliphatic heterocycles. The van der Waals surface area contributed by atoms with Crippen LogP contribution in [-0.2, 0) is 4.74 Å². The largest absolute Gasteiger partial charge is 0.444 e. The van der Waals surface area contributed by atoms with E-state index in [4.69, 9.17) is 16.3 Å². The van der Waals surface area contributed by atoms with Crippen LogP contribution in [-0.4, -0.2) is 24.1 Å². The Labute approximate surface area is 104 Å². The molecule has 0 aromatic carbocycles. The van der Waals surface area contributed by atoms with Gasteiger partial charge >= 0.3 is 6.09 Å². The van der Waals surface area contributed by atoms with Crippen molar-refractivity contribution in [1.29, 1.82) is 0 Å². The fraction of sp³-hybridized carbons (Fsp3) is 0.917. The Morgan fingerprint density at radius 3 is 2.25 bits per heavy atom. The lowest BCUT2D eigenvalue weighted by molar-refractivity contribution is 0.0504. The normalized spacial score (nSPS) is 12.4. The van der Waals surface area contributed by atoms with Gasteiger partial charge in [0.25, 0.3) is 0 Å². The molecule has 0 aliphatic rings. The van der Waals surface area contributed by atoms with Crippen molar-refractivity contribution in [1.82, 2.24) is 5.32 Å². The van der Waals surface area contributed by atoms with E-state index in [0.29, 0.717) is 12.4 Å². The predicted octanol–water partition coefficient (Wildman–Crippen LogP) is 3.56. The standard InChI is InChI=1S/C12H24ClNO2/c1-11(2,3)16-10(15)14-9-12(4,5)7-6-8-13/h6-9H2,1-5H3,(H,14,15). The van der Waals surface area contributed by atoms with E-state index < -0.39 is 5.60 Å². The summed E-state index contributed by atoms with van der Waals surface area (Å²) in [6.07, 6.45) is 1.60. The van der Waals surface area contributed by atoms with Crippen LogP contribution in [0.3, 0.4) is 0 Å². The van der Waals surface area contributed by atoms with E-state index in [1.807, 2.05) is 20.8 Å². The molecule has 0 aromatic heterocycles. The van der Waals surface area contributed by atoms with Crippen molar-refractivity contribution in [3.05, 3.63) is 0 Å². The van der Waals surface area contributed by atoms with Gasteiger partial charge in [-0.25, -0.2) is 4.79 Å². The first kappa shape index (κ1) is 15.6. The molecular weight excluding hydrogens is 226 g/mol. The van der Waals surface area contributed by atoms with Crippen molar-refractivity contribution in [2.75, 3.05) is 12.4 Å². The summed E-state index contributed by atoms with van der Waals surface area (Å²) >= 11 is 5.65. The van der Waals surface area contributed by atoms with Crippen molar-refractivity contribution < 1.29 is 9.53 Å². The zero-order chi connectivity index (χ0) is 12.8. The summed E-state index contributed by atoms with van der Waals surface area (Å²) in [5.41, 5.74) is -0.379. The van der Waals surface area contributed by atoms with E-state index in [-0.39, 0.29) is 11.5 Å². The Morgan fingerprint density at radius 1 is 1.25 bits per heavy atom. The summed E-state index contributed by atoms with van der Waals surface area (Å²) < 4.78 is 5.16. The van der Waals surface area contributed by atoms with E-state index >= 15 is 0 Å². The molecule has 0 atom stereocenters. The molecule has 16 heavy (non-hydrogen) atoms. The molecule has 0 rings (SSSR count). The summed E-state index contributed by atoms with van der Waals surface area (Å²) in [5, 5.41) is 2.78. The fourth-order valence-corrected chi connectivity index (χ4v) is 1.39. The van der Waals surface area contributed by atoms with Crippen LogP contribution >= 0.6 is 11.6 Å². The van der Waals surface area contributed by atoms with Crippen molar-refractivity contribution in [3.63, 3.8) is 0 Å². The van der Waals surface area contributed by atoms with Gasteiger partial charge in [0.05, 0.1) is 0 Å². The summed E-state index contributed by atoms with van der Waals surface area (Å²) in [6, 6.07) is 0. The fourth-order valence-electron chi connectivity index (χ4n) is 1.26. The molecule has 0 saturated carbocycles. The van der Waals surface area contributed by atoms with Crippen LogP contribution in [0.2, 0.25) is 0 Å². The lowest BCUT2D eigenvalue weighted by Gasteiger charge is -2.26. The van der Waals surface area contributed by atoms with E-state index in [2.05, 4.69) is 19.2 Å². The number of nitrogens with one attached hydrogen (secondary N) is 1. The smallest absolute Gasteiger partial charge is 0.407 e. The monoisotopic (exact) mass is 249 g/mol. The predicted molar refractivity (Wildman–Crippen MR) is 68.0 cm³/mol. The summed E-state index contributed by atoms with van der Waals surface area (Å²) in [6.45, 7) is 10.4. The average Bonchev–Trinajstić information content (AvgIpc) is 2.09. The number of hydrogen-bond acceptors (Lipinski definition) is 2. The Hall–Kier alpha value is -0.440. The second-order valence-corrected chi connectivity index (χ2v) is 6.19. The minimum atomic E-state index is -0.440. The van der Waals surface area contributed by atoms with Gasteiger partial charge in [-0.05, 0) is 39.0 Å². The molecule has 1 N–H and O–H groups in total. The van der Waals surface area contributed by atoms with E-state index in [9.17, 15) is 4.79 Å². The molecular formula is C12H24ClNO2. The highest BCUT2D eigenvalue weighted by Crippen LogP contribution is 2.21. The third-order valence-electron chi connectivity index (χ3n) is 2.10. The highest BCUT2D eigenvalue weighted by atomic mass is 35.5. The van der Waals surface area contributed by atoms with E-state index in [1.54, 1.807) is 0 Å². The maximum absolute atomic E-state index is 11.4. The van der Waals surface area contributed by atoms with Crippen LogP contribution in [0.15, 0.2) is 0 Å². The minimum Gasteiger partial charge on any atom is -0.444 e. The van der Waals surface area contributed by atoms with Crippen LogP contribution < -0.4 is 5.32 Å². The van der Waals surface area contributed by atoms with Crippen LogP contribution in [0.25, 0.3) is 0 Å². The average molecular weight is 250 g/mol. The number of hydrogen-bond donors (Lipinski definition) is 1. The lowest BCUT2D eigenvalue weighted by Crippen LogP contribution is -2.38. The first-order chi connectivity index (χ1) is 7.16. The number of halogens is 1. The molecule has 0 aliphatic carbocycles. The lowest BCUT2D eigenvalue weighted by atomic mass is 9.88. The number of carbonyl (C=O) groups is 1. The Morgan fingerprint density at radius 2 is 1.81 bits per heavy atom. The molecule has 0 aromatic rings. The molecule has 0 fully saturated rings. The second kappa shape index (κ2) is 6.33. The first-order valence-electron chi connectivity index (χ1n) is 5.69. The zero-order valence-electron chi connectivity index (χ0n) is 11.0. The zero-order valence-corrected chi connectivity index (χ0v) is 11.8. The number of ether oxygens (including phenoxy) is 1. The van der Waals surface area contributed by atoms with Gasteiger partial charge in [-0.2, -0.15) is 0 Å². The van der Waals surface area contributed by atoms with Gasteiger partial charge in [0.2, 0.25) is 0 Å². The van der Waals surface area contributed by atoms with Crippen LogP contribution in [0, 0.1) is 5.41 Å². The molecule has 4 heteroatoms. The summed E-state index contributed by atoms with van der Waals surface area (Å²) in [4.78, 5) is 11.4. The number of rotatable bonds is 5. The van der Waals surface area contributed by atoms with Gasteiger partial charge in [-0.1, -0.05) is 13.8 Å². The molecule has 0 radical (unpaired) electrons. The number of alkyl carbamates (subject to hydrolysis) is 1. The molecule has 0 spiro atoms. The quantitative estimate of drug-likeness (QED) is 0.757. The molecule has 3 nitrogen and oxygen atoms in total. The van der Waals surface area contributed by atoms with E-state index in [0.717, 1.165) is 12.8 Å². The molecule has 1 amide bonds.